The van der Waals surface area contributed by atoms with Gasteiger partial charge in [-0.25, -0.2) is 9.97 Å². The van der Waals surface area contributed by atoms with Crippen LogP contribution in [0.4, 0.5) is 5.82 Å². The molecule has 0 spiro atoms. The van der Waals surface area contributed by atoms with Crippen molar-refractivity contribution in [1.29, 1.82) is 0 Å². The Morgan fingerprint density at radius 2 is 1.90 bits per heavy atom. The zero-order valence-corrected chi connectivity index (χ0v) is 12.0. The van der Waals surface area contributed by atoms with Crippen molar-refractivity contribution in [2.75, 3.05) is 31.6 Å². The van der Waals surface area contributed by atoms with E-state index in [1.54, 1.807) is 0 Å². The van der Waals surface area contributed by atoms with Crippen LogP contribution in [0.5, 0.6) is 0 Å². The van der Waals surface area contributed by atoms with Gasteiger partial charge in [0.05, 0.1) is 6.04 Å². The highest BCUT2D eigenvalue weighted by Gasteiger charge is 2.26. The molecular weight excluding hydrogens is 248 g/mol. The lowest BCUT2D eigenvalue weighted by atomic mass is 10.0. The lowest BCUT2D eigenvalue weighted by Gasteiger charge is -2.40. The molecule has 1 atom stereocenters. The van der Waals surface area contributed by atoms with Gasteiger partial charge >= 0.3 is 0 Å². The van der Waals surface area contributed by atoms with Crippen LogP contribution in [-0.2, 0) is 0 Å². The van der Waals surface area contributed by atoms with Gasteiger partial charge in [0, 0.05) is 25.8 Å². The second-order valence-electron chi connectivity index (χ2n) is 5.32. The molecule has 0 aliphatic carbocycles. The predicted molar refractivity (Wildman–Crippen MR) is 80.8 cm³/mol. The van der Waals surface area contributed by atoms with Crippen molar-refractivity contribution in [3.05, 3.63) is 54.0 Å². The molecule has 0 saturated carbocycles. The van der Waals surface area contributed by atoms with E-state index in [1.807, 2.05) is 19.2 Å². The maximum Gasteiger partial charge on any atom is 0.132 e. The lowest BCUT2D eigenvalue weighted by Crippen LogP contribution is -2.47. The average Bonchev–Trinajstić information content (AvgIpc) is 2.48. The molecular formula is C16H20N4. The molecule has 1 fully saturated rings. The summed E-state index contributed by atoms with van der Waals surface area (Å²) >= 11 is 0. The molecule has 20 heavy (non-hydrogen) atoms. The first-order valence-corrected chi connectivity index (χ1v) is 7.04. The fourth-order valence-electron chi connectivity index (χ4n) is 2.74. The summed E-state index contributed by atoms with van der Waals surface area (Å²) in [6, 6.07) is 13.1. The van der Waals surface area contributed by atoms with Gasteiger partial charge in [0.1, 0.15) is 11.6 Å². The van der Waals surface area contributed by atoms with Crippen molar-refractivity contribution in [2.45, 2.75) is 13.0 Å². The van der Waals surface area contributed by atoms with E-state index in [4.69, 9.17) is 0 Å². The Morgan fingerprint density at radius 1 is 1.10 bits per heavy atom. The molecule has 0 radical (unpaired) electrons. The quantitative estimate of drug-likeness (QED) is 0.836. The van der Waals surface area contributed by atoms with Gasteiger partial charge in [0.15, 0.2) is 0 Å². The molecule has 1 aliphatic heterocycles. The zero-order chi connectivity index (χ0) is 13.9. The third kappa shape index (κ3) is 2.65. The predicted octanol–water partition coefficient (Wildman–Crippen LogP) is 2.28. The number of hydrogen-bond acceptors (Lipinski definition) is 4. The Balaban J connectivity index is 1.83. The standard InChI is InChI=1S/C16H20N4/c1-13-17-9-8-16(18-13)20-11-10-19(2)15(12-20)14-6-4-3-5-7-14/h3-9,15H,10-12H2,1-2H3/t15-/m1/s1. The molecule has 2 aromatic rings. The van der Waals surface area contributed by atoms with Crippen molar-refractivity contribution >= 4 is 5.82 Å². The van der Waals surface area contributed by atoms with Crippen molar-refractivity contribution < 1.29 is 0 Å². The highest BCUT2D eigenvalue weighted by molar-refractivity contribution is 5.39. The molecule has 0 unspecified atom stereocenters. The van der Waals surface area contributed by atoms with Gasteiger partial charge < -0.3 is 4.90 Å². The minimum Gasteiger partial charge on any atom is -0.353 e. The van der Waals surface area contributed by atoms with E-state index in [0.717, 1.165) is 31.3 Å². The van der Waals surface area contributed by atoms with E-state index in [9.17, 15) is 0 Å². The molecule has 1 aromatic heterocycles. The van der Waals surface area contributed by atoms with Crippen molar-refractivity contribution in [1.82, 2.24) is 14.9 Å². The first-order valence-electron chi connectivity index (χ1n) is 7.04. The van der Waals surface area contributed by atoms with E-state index in [-0.39, 0.29) is 0 Å². The molecule has 0 bridgehead atoms. The van der Waals surface area contributed by atoms with Gasteiger partial charge in [-0.3, -0.25) is 4.90 Å². The Labute approximate surface area is 120 Å². The van der Waals surface area contributed by atoms with Crippen LogP contribution in [0.15, 0.2) is 42.6 Å². The number of aromatic nitrogens is 2. The van der Waals surface area contributed by atoms with Gasteiger partial charge in [-0.15, -0.1) is 0 Å². The Bertz CT molecular complexity index is 570. The molecule has 2 heterocycles. The topological polar surface area (TPSA) is 32.3 Å². The van der Waals surface area contributed by atoms with Gasteiger partial charge in [-0.1, -0.05) is 30.3 Å². The van der Waals surface area contributed by atoms with E-state index in [1.165, 1.54) is 5.56 Å². The van der Waals surface area contributed by atoms with E-state index >= 15 is 0 Å². The highest BCUT2D eigenvalue weighted by Crippen LogP contribution is 2.26. The molecule has 4 heteroatoms. The van der Waals surface area contributed by atoms with E-state index in [2.05, 4.69) is 57.1 Å². The second kappa shape index (κ2) is 5.59. The van der Waals surface area contributed by atoms with Crippen molar-refractivity contribution in [3.63, 3.8) is 0 Å². The first kappa shape index (κ1) is 13.1. The molecule has 1 saturated heterocycles. The van der Waals surface area contributed by atoms with Crippen molar-refractivity contribution in [3.8, 4) is 0 Å². The van der Waals surface area contributed by atoms with Crippen LogP contribution in [0.3, 0.4) is 0 Å². The van der Waals surface area contributed by atoms with Crippen molar-refractivity contribution in [2.24, 2.45) is 0 Å². The third-order valence-electron chi connectivity index (χ3n) is 3.92. The summed E-state index contributed by atoms with van der Waals surface area (Å²) in [4.78, 5) is 13.5. The average molecular weight is 268 g/mol. The summed E-state index contributed by atoms with van der Waals surface area (Å²) < 4.78 is 0. The molecule has 104 valence electrons. The van der Waals surface area contributed by atoms with Crippen LogP contribution < -0.4 is 4.90 Å². The van der Waals surface area contributed by atoms with E-state index in [0.29, 0.717) is 6.04 Å². The molecule has 4 nitrogen and oxygen atoms in total. The summed E-state index contributed by atoms with van der Waals surface area (Å²) in [6.45, 7) is 4.96. The number of nitrogens with zero attached hydrogens (tertiary/aromatic N) is 4. The van der Waals surface area contributed by atoms with Crippen LogP contribution in [-0.4, -0.2) is 41.5 Å². The summed E-state index contributed by atoms with van der Waals surface area (Å²) in [7, 11) is 2.19. The number of rotatable bonds is 2. The van der Waals surface area contributed by atoms with Crippen LogP contribution in [0.1, 0.15) is 17.4 Å². The molecule has 3 rings (SSSR count). The highest BCUT2D eigenvalue weighted by atomic mass is 15.3. The van der Waals surface area contributed by atoms with Crippen LogP contribution in [0.2, 0.25) is 0 Å². The number of benzene rings is 1. The van der Waals surface area contributed by atoms with Gasteiger partial charge in [0.25, 0.3) is 0 Å². The van der Waals surface area contributed by atoms with Crippen LogP contribution in [0, 0.1) is 6.92 Å². The third-order valence-corrected chi connectivity index (χ3v) is 3.92. The number of hydrogen-bond donors (Lipinski definition) is 0. The second-order valence-corrected chi connectivity index (χ2v) is 5.32. The minimum absolute atomic E-state index is 0.417. The van der Waals surface area contributed by atoms with Crippen LogP contribution in [0.25, 0.3) is 0 Å². The number of piperazine rings is 1. The molecule has 0 N–H and O–H groups in total. The van der Waals surface area contributed by atoms with Gasteiger partial charge in [-0.2, -0.15) is 0 Å². The van der Waals surface area contributed by atoms with E-state index < -0.39 is 0 Å². The minimum atomic E-state index is 0.417. The molecule has 0 amide bonds. The maximum absolute atomic E-state index is 4.55. The Morgan fingerprint density at radius 3 is 2.65 bits per heavy atom. The maximum atomic E-state index is 4.55. The summed E-state index contributed by atoms with van der Waals surface area (Å²) in [5.74, 6) is 1.87. The summed E-state index contributed by atoms with van der Waals surface area (Å²) in [5.41, 5.74) is 1.37. The first-order chi connectivity index (χ1) is 9.74. The summed E-state index contributed by atoms with van der Waals surface area (Å²) in [5, 5.41) is 0. The summed E-state index contributed by atoms with van der Waals surface area (Å²) in [6.07, 6.45) is 1.84. The lowest BCUT2D eigenvalue weighted by molar-refractivity contribution is 0.220. The fraction of sp³-hybridized carbons (Fsp3) is 0.375. The van der Waals surface area contributed by atoms with Gasteiger partial charge in [0.2, 0.25) is 0 Å². The number of aryl methyl sites for hydroxylation is 1. The number of anilines is 1. The number of likely N-dealkylation sites (N-methyl/N-ethyl adjacent to an activating group) is 1. The molecule has 1 aliphatic rings. The SMILES string of the molecule is Cc1nccc(N2CCN(C)[C@@H](c3ccccc3)C2)n1. The van der Waals surface area contributed by atoms with Crippen LogP contribution >= 0.6 is 0 Å². The Hall–Kier alpha value is -1.94. The zero-order valence-electron chi connectivity index (χ0n) is 12.0. The largest absolute Gasteiger partial charge is 0.353 e. The Kier molecular flexibility index (Phi) is 3.65. The normalized spacial score (nSPS) is 20.1. The molecule has 1 aromatic carbocycles. The fourth-order valence-corrected chi connectivity index (χ4v) is 2.74. The van der Waals surface area contributed by atoms with Gasteiger partial charge in [-0.05, 0) is 25.6 Å². The smallest absolute Gasteiger partial charge is 0.132 e. The monoisotopic (exact) mass is 268 g/mol.